The lowest BCUT2D eigenvalue weighted by atomic mass is 10.1. The van der Waals surface area contributed by atoms with E-state index in [4.69, 9.17) is 5.73 Å². The Morgan fingerprint density at radius 1 is 1.44 bits per heavy atom. The average molecular weight is 278 g/mol. The molecule has 0 fully saturated rings. The number of rotatable bonds is 4. The monoisotopic (exact) mass is 278 g/mol. The molecule has 3 nitrogen and oxygen atoms in total. The van der Waals surface area contributed by atoms with Crippen molar-refractivity contribution in [2.75, 3.05) is 22.6 Å². The van der Waals surface area contributed by atoms with E-state index in [1.165, 1.54) is 17.8 Å². The summed E-state index contributed by atoms with van der Waals surface area (Å²) in [6, 6.07) is 3.31. The molecular weight excluding hydrogens is 265 g/mol. The van der Waals surface area contributed by atoms with E-state index in [2.05, 4.69) is 5.32 Å². The second kappa shape index (κ2) is 5.99. The molecule has 0 heterocycles. The molecule has 0 aliphatic carbocycles. The molecule has 7 heteroatoms. The Morgan fingerprint density at radius 2 is 2.11 bits per heavy atom. The first kappa shape index (κ1) is 14.7. The molecule has 0 saturated carbocycles. The molecule has 3 N–H and O–H groups in total. The number of carbonyl (C=O) groups is 1. The second-order valence-corrected chi connectivity index (χ2v) is 4.76. The van der Waals surface area contributed by atoms with E-state index in [0.29, 0.717) is 0 Å². The number of hydrogen-bond acceptors (Lipinski definition) is 3. The molecule has 1 amide bonds. The predicted octanol–water partition coefficient (Wildman–Crippen LogP) is 2.98. The van der Waals surface area contributed by atoms with Gasteiger partial charge in [-0.2, -0.15) is 24.9 Å². The lowest BCUT2D eigenvalue weighted by Crippen LogP contribution is -2.16. The van der Waals surface area contributed by atoms with Gasteiger partial charge in [-0.15, -0.1) is 0 Å². The van der Waals surface area contributed by atoms with Gasteiger partial charge in [-0.25, -0.2) is 0 Å². The Labute approximate surface area is 107 Å². The Morgan fingerprint density at radius 3 is 2.67 bits per heavy atom. The molecule has 0 radical (unpaired) electrons. The van der Waals surface area contributed by atoms with Crippen molar-refractivity contribution in [3.63, 3.8) is 0 Å². The smallest absolute Gasteiger partial charge is 0.398 e. The zero-order valence-electron chi connectivity index (χ0n) is 9.67. The third-order valence-electron chi connectivity index (χ3n) is 2.08. The maximum absolute atomic E-state index is 12.6. The molecule has 0 bridgehead atoms. The Hall–Kier alpha value is -1.37. The molecule has 0 aliphatic heterocycles. The number of amides is 1. The van der Waals surface area contributed by atoms with Crippen LogP contribution in [-0.4, -0.2) is 17.4 Å². The number of thioether (sulfide) groups is 1. The van der Waals surface area contributed by atoms with E-state index in [1.54, 1.807) is 0 Å². The summed E-state index contributed by atoms with van der Waals surface area (Å²) in [5, 5.41) is 2.40. The zero-order valence-corrected chi connectivity index (χ0v) is 10.5. The van der Waals surface area contributed by atoms with Crippen molar-refractivity contribution >= 4 is 29.0 Å². The summed E-state index contributed by atoms with van der Waals surface area (Å²) in [5.41, 5.74) is 4.05. The SMILES string of the molecule is CCSCC(=O)Nc1ccc(N)c(C(F)(F)F)c1. The standard InChI is InChI=1S/C11H13F3N2OS/c1-2-18-6-10(17)16-7-3-4-9(15)8(5-7)11(12,13)14/h3-5H,2,6,15H2,1H3,(H,16,17). The first-order valence-corrected chi connectivity index (χ1v) is 6.34. The van der Waals surface area contributed by atoms with E-state index < -0.39 is 11.7 Å². The average Bonchev–Trinajstić information content (AvgIpc) is 2.27. The Bertz CT molecular complexity index is 435. The van der Waals surface area contributed by atoms with E-state index in [0.717, 1.165) is 17.9 Å². The quantitative estimate of drug-likeness (QED) is 0.832. The summed E-state index contributed by atoms with van der Waals surface area (Å²) in [4.78, 5) is 11.4. The highest BCUT2D eigenvalue weighted by Gasteiger charge is 2.33. The van der Waals surface area contributed by atoms with Crippen LogP contribution < -0.4 is 11.1 Å². The molecule has 0 unspecified atom stereocenters. The van der Waals surface area contributed by atoms with Crippen LogP contribution in [-0.2, 0) is 11.0 Å². The van der Waals surface area contributed by atoms with Crippen LogP contribution in [0.1, 0.15) is 12.5 Å². The fraction of sp³-hybridized carbons (Fsp3) is 0.364. The Balaban J connectivity index is 2.83. The third kappa shape index (κ3) is 4.14. The van der Waals surface area contributed by atoms with Gasteiger partial charge in [-0.1, -0.05) is 6.92 Å². The van der Waals surface area contributed by atoms with Gasteiger partial charge in [0.05, 0.1) is 11.3 Å². The highest BCUT2D eigenvalue weighted by molar-refractivity contribution is 7.99. The third-order valence-corrected chi connectivity index (χ3v) is 2.95. The van der Waals surface area contributed by atoms with Gasteiger partial charge in [0, 0.05) is 11.4 Å². The molecule has 1 rings (SSSR count). The van der Waals surface area contributed by atoms with Crippen molar-refractivity contribution in [3.8, 4) is 0 Å². The van der Waals surface area contributed by atoms with Gasteiger partial charge in [0.2, 0.25) is 5.91 Å². The minimum Gasteiger partial charge on any atom is -0.398 e. The molecular formula is C11H13F3N2OS. The normalized spacial score (nSPS) is 11.3. The van der Waals surface area contributed by atoms with Crippen molar-refractivity contribution in [1.82, 2.24) is 0 Å². The van der Waals surface area contributed by atoms with Crippen LogP contribution in [0.4, 0.5) is 24.5 Å². The van der Waals surface area contributed by atoms with Crippen molar-refractivity contribution in [3.05, 3.63) is 23.8 Å². The van der Waals surface area contributed by atoms with Crippen molar-refractivity contribution in [2.45, 2.75) is 13.1 Å². The number of nitrogen functional groups attached to an aromatic ring is 1. The maximum Gasteiger partial charge on any atom is 0.418 e. The summed E-state index contributed by atoms with van der Waals surface area (Å²) >= 11 is 1.39. The Kier molecular flexibility index (Phi) is 4.89. The van der Waals surface area contributed by atoms with Gasteiger partial charge < -0.3 is 11.1 Å². The van der Waals surface area contributed by atoms with Gasteiger partial charge in [0.1, 0.15) is 0 Å². The van der Waals surface area contributed by atoms with Gasteiger partial charge in [0.25, 0.3) is 0 Å². The minimum absolute atomic E-state index is 0.0956. The summed E-state index contributed by atoms with van der Waals surface area (Å²) < 4.78 is 37.7. The predicted molar refractivity (Wildman–Crippen MR) is 67.5 cm³/mol. The molecule has 0 aromatic heterocycles. The van der Waals surface area contributed by atoms with Crippen molar-refractivity contribution < 1.29 is 18.0 Å². The lowest BCUT2D eigenvalue weighted by Gasteiger charge is -2.12. The molecule has 1 aromatic rings. The summed E-state index contributed by atoms with van der Waals surface area (Å²) in [7, 11) is 0. The lowest BCUT2D eigenvalue weighted by molar-refractivity contribution is -0.136. The van der Waals surface area contributed by atoms with Crippen LogP contribution in [0.25, 0.3) is 0 Å². The van der Waals surface area contributed by atoms with Gasteiger partial charge in [-0.05, 0) is 24.0 Å². The number of nitrogens with two attached hydrogens (primary N) is 1. The molecule has 100 valence electrons. The number of alkyl halides is 3. The van der Waals surface area contributed by atoms with Gasteiger partial charge >= 0.3 is 6.18 Å². The second-order valence-electron chi connectivity index (χ2n) is 3.49. The van der Waals surface area contributed by atoms with Gasteiger partial charge in [0.15, 0.2) is 0 Å². The van der Waals surface area contributed by atoms with E-state index >= 15 is 0 Å². The topological polar surface area (TPSA) is 55.1 Å². The highest BCUT2D eigenvalue weighted by atomic mass is 32.2. The number of benzene rings is 1. The summed E-state index contributed by atoms with van der Waals surface area (Å²) in [5.74, 6) is 0.644. The highest BCUT2D eigenvalue weighted by Crippen LogP contribution is 2.35. The number of halogens is 3. The van der Waals surface area contributed by atoms with Gasteiger partial charge in [-0.3, -0.25) is 4.79 Å². The van der Waals surface area contributed by atoms with E-state index in [-0.39, 0.29) is 23.0 Å². The van der Waals surface area contributed by atoms with Crippen LogP contribution in [0.15, 0.2) is 18.2 Å². The van der Waals surface area contributed by atoms with Crippen LogP contribution in [0.5, 0.6) is 0 Å². The number of hydrogen-bond donors (Lipinski definition) is 2. The van der Waals surface area contributed by atoms with Crippen LogP contribution in [0.3, 0.4) is 0 Å². The van der Waals surface area contributed by atoms with Crippen LogP contribution >= 0.6 is 11.8 Å². The first-order chi connectivity index (χ1) is 8.34. The van der Waals surface area contributed by atoms with Crippen LogP contribution in [0.2, 0.25) is 0 Å². The fourth-order valence-electron chi connectivity index (χ4n) is 1.27. The largest absolute Gasteiger partial charge is 0.418 e. The fourth-order valence-corrected chi connectivity index (χ4v) is 1.73. The van der Waals surface area contributed by atoms with E-state index in [1.807, 2.05) is 6.92 Å². The van der Waals surface area contributed by atoms with Crippen molar-refractivity contribution in [1.29, 1.82) is 0 Å². The van der Waals surface area contributed by atoms with E-state index in [9.17, 15) is 18.0 Å². The number of carbonyl (C=O) groups excluding carboxylic acids is 1. The molecule has 18 heavy (non-hydrogen) atoms. The molecule has 0 spiro atoms. The minimum atomic E-state index is -4.52. The molecule has 1 aromatic carbocycles. The first-order valence-electron chi connectivity index (χ1n) is 5.19. The molecule has 0 atom stereocenters. The summed E-state index contributed by atoms with van der Waals surface area (Å²) in [6.07, 6.45) is -4.52. The maximum atomic E-state index is 12.6. The number of nitrogens with one attached hydrogen (secondary N) is 1. The van der Waals surface area contributed by atoms with Crippen LogP contribution in [0, 0.1) is 0 Å². The summed E-state index contributed by atoms with van der Waals surface area (Å²) in [6.45, 7) is 1.89. The number of anilines is 2. The molecule has 0 saturated heterocycles. The van der Waals surface area contributed by atoms with Crippen molar-refractivity contribution in [2.24, 2.45) is 0 Å². The zero-order chi connectivity index (χ0) is 13.8. The molecule has 0 aliphatic rings.